The van der Waals surface area contributed by atoms with Crippen LogP contribution in [0.1, 0.15) is 207 Å². The maximum absolute atomic E-state index is 12.7. The lowest BCUT2D eigenvalue weighted by molar-refractivity contribution is -0.00576. The molecular formula is C45H90N2O5S. The molecule has 0 spiro atoms. The number of unbranched alkanes of at least 4 members (excludes halogenated alkanes) is 24. The van der Waals surface area contributed by atoms with Crippen LogP contribution in [-0.2, 0) is 24.0 Å². The minimum Gasteiger partial charge on any atom is -0.379 e. The van der Waals surface area contributed by atoms with Crippen molar-refractivity contribution in [1.82, 2.24) is 9.62 Å². The van der Waals surface area contributed by atoms with E-state index in [2.05, 4.69) is 61.6 Å². The Morgan fingerprint density at radius 2 is 0.830 bits per heavy atom. The molecule has 0 radical (unpaired) electrons. The minimum absolute atomic E-state index is 0.218. The van der Waals surface area contributed by atoms with Gasteiger partial charge >= 0.3 is 10.3 Å². The largest absolute Gasteiger partial charge is 0.379 e. The third-order valence-corrected chi connectivity index (χ3v) is 11.2. The highest BCUT2D eigenvalue weighted by molar-refractivity contribution is 7.84. The molecule has 316 valence electrons. The van der Waals surface area contributed by atoms with Gasteiger partial charge in [0.15, 0.2) is 0 Å². The molecule has 53 heavy (non-hydrogen) atoms. The third kappa shape index (κ3) is 40.7. The number of hydrogen-bond donors (Lipinski definition) is 1. The van der Waals surface area contributed by atoms with Crippen LogP contribution in [0.3, 0.4) is 0 Å². The van der Waals surface area contributed by atoms with Gasteiger partial charge in [0.05, 0.1) is 13.2 Å². The first-order valence-electron chi connectivity index (χ1n) is 22.8. The SMILES string of the molecule is CCCCCCCC/C=C\CCCCCCCCOCC(COCCCCCCCC/C=C\CCCCCCCC)OS(=O)(=O)NCCN(CC)CC. The number of likely N-dealkylation sites (N-methyl/N-ethyl adjacent to an activating group) is 1. The standard InChI is InChI=1S/C45H90N2O5S/c1-5-9-11-13-15-17-19-21-23-25-27-29-31-33-35-37-41-50-43-45(52-53(48,49)46-39-40-47(7-3)8-4)44-51-42-38-36-34-32-30-28-26-24-22-20-18-16-14-12-10-6-2/h21-24,45-46H,5-20,25-44H2,1-4H3/b23-21-,24-22-. The van der Waals surface area contributed by atoms with Gasteiger partial charge in [-0.1, -0.05) is 168 Å². The van der Waals surface area contributed by atoms with Crippen LogP contribution >= 0.6 is 0 Å². The van der Waals surface area contributed by atoms with Gasteiger partial charge in [-0.2, -0.15) is 13.1 Å². The average molecular weight is 771 g/mol. The molecule has 0 unspecified atom stereocenters. The summed E-state index contributed by atoms with van der Waals surface area (Å²) in [7, 11) is -3.89. The molecule has 0 aliphatic heterocycles. The summed E-state index contributed by atoms with van der Waals surface area (Å²) >= 11 is 0. The van der Waals surface area contributed by atoms with Crippen molar-refractivity contribution >= 4 is 10.3 Å². The van der Waals surface area contributed by atoms with Crippen LogP contribution in [0, 0.1) is 0 Å². The number of nitrogens with one attached hydrogen (secondary N) is 1. The highest BCUT2D eigenvalue weighted by Gasteiger charge is 2.20. The Bertz CT molecular complexity index is 832. The maximum atomic E-state index is 12.7. The Morgan fingerprint density at radius 3 is 1.19 bits per heavy atom. The summed E-state index contributed by atoms with van der Waals surface area (Å²) in [5.74, 6) is 0. The number of rotatable bonds is 44. The Balaban J connectivity index is 4.13. The second kappa shape index (κ2) is 42.4. The van der Waals surface area contributed by atoms with Crippen LogP contribution in [0.5, 0.6) is 0 Å². The van der Waals surface area contributed by atoms with E-state index in [9.17, 15) is 8.42 Å². The highest BCUT2D eigenvalue weighted by Crippen LogP contribution is 2.12. The molecule has 0 bridgehead atoms. The van der Waals surface area contributed by atoms with Crippen LogP contribution in [0.2, 0.25) is 0 Å². The fourth-order valence-corrected chi connectivity index (χ4v) is 7.40. The zero-order chi connectivity index (χ0) is 38.8. The smallest absolute Gasteiger partial charge is 0.336 e. The van der Waals surface area contributed by atoms with Crippen molar-refractivity contribution in [3.63, 3.8) is 0 Å². The fraction of sp³-hybridized carbons (Fsp3) is 0.911. The van der Waals surface area contributed by atoms with Crippen molar-refractivity contribution in [2.75, 3.05) is 52.6 Å². The van der Waals surface area contributed by atoms with Gasteiger partial charge in [0.25, 0.3) is 0 Å². The number of ether oxygens (including phenoxy) is 2. The lowest BCUT2D eigenvalue weighted by Crippen LogP contribution is -2.39. The lowest BCUT2D eigenvalue weighted by atomic mass is 10.1. The summed E-state index contributed by atoms with van der Waals surface area (Å²) in [4.78, 5) is 2.18. The molecule has 7 nitrogen and oxygen atoms in total. The molecule has 0 saturated heterocycles. The molecule has 0 heterocycles. The predicted molar refractivity (Wildman–Crippen MR) is 230 cm³/mol. The van der Waals surface area contributed by atoms with E-state index in [4.69, 9.17) is 13.7 Å². The summed E-state index contributed by atoms with van der Waals surface area (Å²) in [6, 6.07) is 0. The Kier molecular flexibility index (Phi) is 41.8. The van der Waals surface area contributed by atoms with Crippen molar-refractivity contribution in [3.8, 4) is 0 Å². The van der Waals surface area contributed by atoms with E-state index in [0.29, 0.717) is 26.3 Å². The Hall–Kier alpha value is -0.770. The second-order valence-electron chi connectivity index (χ2n) is 15.1. The van der Waals surface area contributed by atoms with Crippen LogP contribution in [-0.4, -0.2) is 72.0 Å². The monoisotopic (exact) mass is 771 g/mol. The molecule has 0 aliphatic rings. The first-order valence-corrected chi connectivity index (χ1v) is 24.2. The van der Waals surface area contributed by atoms with Crippen molar-refractivity contribution in [2.45, 2.75) is 214 Å². The molecule has 1 N–H and O–H groups in total. The van der Waals surface area contributed by atoms with E-state index >= 15 is 0 Å². The summed E-state index contributed by atoms with van der Waals surface area (Å²) in [5.41, 5.74) is 0. The van der Waals surface area contributed by atoms with Crippen molar-refractivity contribution in [1.29, 1.82) is 0 Å². The summed E-state index contributed by atoms with van der Waals surface area (Å²) in [6.07, 6.45) is 44.5. The molecule has 0 saturated carbocycles. The van der Waals surface area contributed by atoms with Gasteiger partial charge in [0.2, 0.25) is 0 Å². The minimum atomic E-state index is -3.89. The van der Waals surface area contributed by atoms with Gasteiger partial charge < -0.3 is 14.4 Å². The quantitative estimate of drug-likeness (QED) is 0.0491. The predicted octanol–water partition coefficient (Wildman–Crippen LogP) is 12.7. The van der Waals surface area contributed by atoms with Crippen molar-refractivity contribution < 1.29 is 22.1 Å². The molecule has 0 aliphatic carbocycles. The van der Waals surface area contributed by atoms with Crippen LogP contribution in [0.25, 0.3) is 0 Å². The lowest BCUT2D eigenvalue weighted by Gasteiger charge is -2.20. The molecule has 0 rings (SSSR count). The summed E-state index contributed by atoms with van der Waals surface area (Å²) < 4.78 is 45.4. The molecule has 8 heteroatoms. The van der Waals surface area contributed by atoms with Crippen molar-refractivity contribution in [3.05, 3.63) is 24.3 Å². The zero-order valence-corrected chi connectivity index (χ0v) is 36.6. The van der Waals surface area contributed by atoms with E-state index in [1.807, 2.05) is 0 Å². The van der Waals surface area contributed by atoms with Gasteiger partial charge in [0.1, 0.15) is 6.10 Å². The zero-order valence-electron chi connectivity index (χ0n) is 35.7. The number of nitrogens with zero attached hydrogens (tertiary/aromatic N) is 1. The van der Waals surface area contributed by atoms with Gasteiger partial charge in [-0.3, -0.25) is 0 Å². The average Bonchev–Trinajstić information content (AvgIpc) is 3.15. The van der Waals surface area contributed by atoms with Gasteiger partial charge in [-0.25, -0.2) is 4.18 Å². The second-order valence-corrected chi connectivity index (χ2v) is 16.5. The normalized spacial score (nSPS) is 12.5. The number of hydrogen-bond acceptors (Lipinski definition) is 6. The topological polar surface area (TPSA) is 77.1 Å². The molecule has 0 atom stereocenters. The van der Waals surface area contributed by atoms with Crippen LogP contribution in [0.15, 0.2) is 24.3 Å². The summed E-state index contributed by atoms with van der Waals surface area (Å²) in [5, 5.41) is 0. The Morgan fingerprint density at radius 1 is 0.491 bits per heavy atom. The van der Waals surface area contributed by atoms with E-state index < -0.39 is 16.4 Å². The fourth-order valence-electron chi connectivity index (χ4n) is 6.52. The number of allylic oxidation sites excluding steroid dienone is 4. The van der Waals surface area contributed by atoms with Gasteiger partial charge in [-0.05, 0) is 77.3 Å². The van der Waals surface area contributed by atoms with Gasteiger partial charge in [-0.15, -0.1) is 0 Å². The molecule has 0 aromatic heterocycles. The first-order chi connectivity index (χ1) is 26.0. The van der Waals surface area contributed by atoms with E-state index in [1.165, 1.54) is 154 Å². The van der Waals surface area contributed by atoms with Crippen molar-refractivity contribution in [2.24, 2.45) is 0 Å². The van der Waals surface area contributed by atoms with E-state index in [-0.39, 0.29) is 13.2 Å². The molecule has 0 amide bonds. The molecule has 0 fully saturated rings. The van der Waals surface area contributed by atoms with Gasteiger partial charge in [0, 0.05) is 26.3 Å². The molecule has 0 aromatic rings. The summed E-state index contributed by atoms with van der Waals surface area (Å²) in [6.45, 7) is 13.1. The highest BCUT2D eigenvalue weighted by atomic mass is 32.2. The maximum Gasteiger partial charge on any atom is 0.336 e. The van der Waals surface area contributed by atoms with Crippen LogP contribution in [0.4, 0.5) is 0 Å². The van der Waals surface area contributed by atoms with E-state index in [1.54, 1.807) is 0 Å². The molecular weight excluding hydrogens is 681 g/mol. The third-order valence-electron chi connectivity index (χ3n) is 10.1. The Labute approximate surface area is 331 Å². The molecule has 0 aromatic carbocycles. The van der Waals surface area contributed by atoms with E-state index in [0.717, 1.165) is 38.8 Å². The van der Waals surface area contributed by atoms with Crippen LogP contribution < -0.4 is 4.72 Å². The first kappa shape index (κ1) is 52.2.